The van der Waals surface area contributed by atoms with Gasteiger partial charge in [-0.05, 0) is 37.3 Å². The number of carbonyl (C=O) groups excluding carboxylic acids is 1. The number of para-hydroxylation sites is 2. The van der Waals surface area contributed by atoms with Crippen molar-refractivity contribution in [3.8, 4) is 0 Å². The van der Waals surface area contributed by atoms with Crippen LogP contribution in [0.25, 0.3) is 22.1 Å². The zero-order chi connectivity index (χ0) is 17.2. The van der Waals surface area contributed by atoms with E-state index in [4.69, 9.17) is 0 Å². The van der Waals surface area contributed by atoms with Crippen molar-refractivity contribution in [2.75, 3.05) is 6.54 Å². The van der Waals surface area contributed by atoms with Crippen LogP contribution in [0.1, 0.15) is 17.3 Å². The van der Waals surface area contributed by atoms with Gasteiger partial charge in [-0.2, -0.15) is 0 Å². The highest BCUT2D eigenvalue weighted by Gasteiger charge is 2.10. The zero-order valence-corrected chi connectivity index (χ0v) is 13.9. The number of aromatic nitrogens is 5. The molecule has 7 heteroatoms. The molecule has 1 N–H and O–H groups in total. The average Bonchev–Trinajstić information content (AvgIpc) is 3.25. The van der Waals surface area contributed by atoms with Gasteiger partial charge in [-0.25, -0.2) is 9.67 Å². The smallest absolute Gasteiger partial charge is 0.251 e. The number of fused-ring (bicyclic) bond motifs is 2. The zero-order valence-electron chi connectivity index (χ0n) is 13.9. The molecule has 0 spiro atoms. The predicted octanol–water partition coefficient (Wildman–Crippen LogP) is 2.23. The van der Waals surface area contributed by atoms with Crippen LogP contribution in [0.4, 0.5) is 0 Å². The van der Waals surface area contributed by atoms with Crippen molar-refractivity contribution in [2.45, 2.75) is 20.0 Å². The molecule has 2 aromatic carbocycles. The van der Waals surface area contributed by atoms with Gasteiger partial charge in [-0.1, -0.05) is 17.3 Å². The summed E-state index contributed by atoms with van der Waals surface area (Å²) in [5, 5.41) is 11.1. The Kier molecular flexibility index (Phi) is 3.89. The van der Waals surface area contributed by atoms with Crippen LogP contribution in [0.2, 0.25) is 0 Å². The van der Waals surface area contributed by atoms with Crippen LogP contribution in [0.15, 0.2) is 48.8 Å². The Morgan fingerprint density at radius 3 is 2.88 bits per heavy atom. The van der Waals surface area contributed by atoms with E-state index in [1.54, 1.807) is 23.1 Å². The fourth-order valence-electron chi connectivity index (χ4n) is 2.93. The highest BCUT2D eigenvalue weighted by molar-refractivity contribution is 5.97. The van der Waals surface area contributed by atoms with E-state index in [0.29, 0.717) is 18.7 Å². The average molecular weight is 334 g/mol. The molecule has 7 nitrogen and oxygen atoms in total. The molecule has 0 radical (unpaired) electrons. The molecule has 0 unspecified atom stereocenters. The second-order valence-corrected chi connectivity index (χ2v) is 5.79. The lowest BCUT2D eigenvalue weighted by molar-refractivity contribution is 0.0952. The van der Waals surface area contributed by atoms with Crippen molar-refractivity contribution >= 4 is 28.0 Å². The number of rotatable bonds is 5. The van der Waals surface area contributed by atoms with Gasteiger partial charge in [-0.15, -0.1) is 5.10 Å². The number of amides is 1. The van der Waals surface area contributed by atoms with E-state index < -0.39 is 0 Å². The maximum Gasteiger partial charge on any atom is 0.251 e. The summed E-state index contributed by atoms with van der Waals surface area (Å²) in [5.41, 5.74) is 4.28. The lowest BCUT2D eigenvalue weighted by Crippen LogP contribution is -2.27. The maximum atomic E-state index is 12.4. The third kappa shape index (κ3) is 2.84. The van der Waals surface area contributed by atoms with Gasteiger partial charge >= 0.3 is 0 Å². The maximum absolute atomic E-state index is 12.4. The molecule has 25 heavy (non-hydrogen) atoms. The van der Waals surface area contributed by atoms with E-state index in [2.05, 4.69) is 20.6 Å². The van der Waals surface area contributed by atoms with Gasteiger partial charge in [0.05, 0.1) is 22.9 Å². The molecule has 0 aliphatic carbocycles. The monoisotopic (exact) mass is 334 g/mol. The first-order chi connectivity index (χ1) is 12.3. The van der Waals surface area contributed by atoms with E-state index in [9.17, 15) is 4.79 Å². The summed E-state index contributed by atoms with van der Waals surface area (Å²) in [6.07, 6.45) is 1.80. The van der Waals surface area contributed by atoms with E-state index in [1.165, 1.54) is 0 Å². The van der Waals surface area contributed by atoms with Crippen molar-refractivity contribution in [1.29, 1.82) is 0 Å². The highest BCUT2D eigenvalue weighted by atomic mass is 16.1. The van der Waals surface area contributed by atoms with Gasteiger partial charge in [-0.3, -0.25) is 4.79 Å². The molecule has 2 heterocycles. The van der Waals surface area contributed by atoms with Crippen LogP contribution in [0, 0.1) is 0 Å². The van der Waals surface area contributed by atoms with Crippen LogP contribution in [-0.4, -0.2) is 37.0 Å². The summed E-state index contributed by atoms with van der Waals surface area (Å²) in [4.78, 5) is 16.7. The number of hydrogen-bond acceptors (Lipinski definition) is 4. The van der Waals surface area contributed by atoms with Crippen LogP contribution in [0.3, 0.4) is 0 Å². The molecule has 1 amide bonds. The second kappa shape index (κ2) is 6.35. The Hall–Kier alpha value is -3.22. The van der Waals surface area contributed by atoms with E-state index >= 15 is 0 Å². The molecule has 0 aliphatic heterocycles. The SMILES string of the molecule is CCn1nnc2cc(C(=O)NCCn3cnc4ccccc43)ccc21. The van der Waals surface area contributed by atoms with E-state index in [0.717, 1.165) is 28.6 Å². The Morgan fingerprint density at radius 2 is 2.00 bits per heavy atom. The molecule has 4 aromatic rings. The van der Waals surface area contributed by atoms with Crippen LogP contribution < -0.4 is 5.32 Å². The molecule has 126 valence electrons. The summed E-state index contributed by atoms with van der Waals surface area (Å²) in [6, 6.07) is 13.4. The lowest BCUT2D eigenvalue weighted by Gasteiger charge is -2.07. The topological polar surface area (TPSA) is 77.6 Å². The van der Waals surface area contributed by atoms with Crippen LogP contribution >= 0.6 is 0 Å². The van der Waals surface area contributed by atoms with E-state index in [1.807, 2.05) is 41.8 Å². The molecule has 0 fully saturated rings. The number of hydrogen-bond donors (Lipinski definition) is 1. The van der Waals surface area contributed by atoms with Crippen molar-refractivity contribution in [3.63, 3.8) is 0 Å². The molecular formula is C18H18N6O. The first-order valence-corrected chi connectivity index (χ1v) is 8.27. The van der Waals surface area contributed by atoms with Gasteiger partial charge in [0.25, 0.3) is 5.91 Å². The molecule has 0 saturated heterocycles. The normalized spacial score (nSPS) is 11.2. The molecular weight excluding hydrogens is 316 g/mol. The minimum atomic E-state index is -0.114. The largest absolute Gasteiger partial charge is 0.350 e. The highest BCUT2D eigenvalue weighted by Crippen LogP contribution is 2.14. The van der Waals surface area contributed by atoms with Gasteiger partial charge < -0.3 is 9.88 Å². The van der Waals surface area contributed by atoms with Crippen molar-refractivity contribution in [1.82, 2.24) is 29.9 Å². The summed E-state index contributed by atoms with van der Waals surface area (Å²) in [6.45, 7) is 3.95. The quantitative estimate of drug-likeness (QED) is 0.607. The summed E-state index contributed by atoms with van der Waals surface area (Å²) in [5.74, 6) is -0.114. The Morgan fingerprint density at radius 1 is 1.12 bits per heavy atom. The minimum Gasteiger partial charge on any atom is -0.350 e. The van der Waals surface area contributed by atoms with Gasteiger partial charge in [0.15, 0.2) is 0 Å². The summed E-state index contributed by atoms with van der Waals surface area (Å²) < 4.78 is 3.84. The van der Waals surface area contributed by atoms with Crippen LogP contribution in [-0.2, 0) is 13.1 Å². The van der Waals surface area contributed by atoms with Crippen molar-refractivity contribution in [3.05, 3.63) is 54.4 Å². The molecule has 0 aliphatic rings. The van der Waals surface area contributed by atoms with Gasteiger partial charge in [0.2, 0.25) is 0 Å². The number of nitrogens with one attached hydrogen (secondary N) is 1. The van der Waals surface area contributed by atoms with Crippen molar-refractivity contribution in [2.24, 2.45) is 0 Å². The number of imidazole rings is 1. The standard InChI is InChI=1S/C18H18N6O/c1-2-24-17-8-7-13(11-15(17)21-22-24)18(25)19-9-10-23-12-20-14-5-3-4-6-16(14)23/h3-8,11-12H,2,9-10H2,1H3,(H,19,25). The van der Waals surface area contributed by atoms with E-state index in [-0.39, 0.29) is 5.91 Å². The van der Waals surface area contributed by atoms with Crippen LogP contribution in [0.5, 0.6) is 0 Å². The molecule has 0 bridgehead atoms. The molecule has 0 atom stereocenters. The van der Waals surface area contributed by atoms with Gasteiger partial charge in [0, 0.05) is 25.2 Å². The first kappa shape index (κ1) is 15.3. The minimum absolute atomic E-state index is 0.114. The summed E-state index contributed by atoms with van der Waals surface area (Å²) in [7, 11) is 0. The first-order valence-electron chi connectivity index (χ1n) is 8.27. The third-order valence-corrected chi connectivity index (χ3v) is 4.24. The Bertz CT molecular complexity index is 1050. The number of benzene rings is 2. The number of aryl methyl sites for hydroxylation is 1. The third-order valence-electron chi connectivity index (χ3n) is 4.24. The molecule has 0 saturated carbocycles. The predicted molar refractivity (Wildman–Crippen MR) is 95.3 cm³/mol. The molecule has 4 rings (SSSR count). The van der Waals surface area contributed by atoms with Gasteiger partial charge in [0.1, 0.15) is 5.52 Å². The summed E-state index contributed by atoms with van der Waals surface area (Å²) >= 11 is 0. The fourth-order valence-corrected chi connectivity index (χ4v) is 2.93. The number of nitrogens with zero attached hydrogens (tertiary/aromatic N) is 5. The fraction of sp³-hybridized carbons (Fsp3) is 0.222. The number of carbonyl (C=O) groups is 1. The lowest BCUT2D eigenvalue weighted by atomic mass is 10.2. The Balaban J connectivity index is 1.43. The second-order valence-electron chi connectivity index (χ2n) is 5.79. The Labute approximate surface area is 144 Å². The molecule has 2 aromatic heterocycles. The van der Waals surface area contributed by atoms with Crippen molar-refractivity contribution < 1.29 is 4.79 Å².